The van der Waals surface area contributed by atoms with Crippen molar-refractivity contribution in [3.05, 3.63) is 142 Å². The minimum atomic E-state index is 0. The zero-order valence-corrected chi connectivity index (χ0v) is 26.2. The first-order chi connectivity index (χ1) is 16.7. The summed E-state index contributed by atoms with van der Waals surface area (Å²) in [6, 6.07) is 42.8. The smallest absolute Gasteiger partial charge is 1.00 e. The van der Waals surface area contributed by atoms with Crippen LogP contribution in [-0.4, -0.2) is 23.9 Å². The van der Waals surface area contributed by atoms with Crippen molar-refractivity contribution >= 4 is 58.6 Å². The molecule has 0 atom stereocenters. The van der Waals surface area contributed by atoms with Gasteiger partial charge in [0, 0.05) is 0 Å². The third kappa shape index (κ3) is 5.20. The van der Waals surface area contributed by atoms with Crippen molar-refractivity contribution in [1.29, 1.82) is 0 Å². The maximum atomic E-state index is 4.65. The number of benzene rings is 6. The molecule has 0 fully saturated rings. The van der Waals surface area contributed by atoms with Crippen molar-refractivity contribution in [2.45, 2.75) is 0 Å². The average molecular weight is 711 g/mol. The van der Waals surface area contributed by atoms with Gasteiger partial charge in [0.1, 0.15) is 0 Å². The van der Waals surface area contributed by atoms with Crippen LogP contribution in [0.2, 0.25) is 0 Å². The molecule has 178 valence electrons. The van der Waals surface area contributed by atoms with E-state index in [1.165, 1.54) is 32.7 Å². The van der Waals surface area contributed by atoms with Crippen molar-refractivity contribution in [2.75, 3.05) is 0 Å². The molecule has 0 aliphatic rings. The maximum absolute atomic E-state index is 4.65. The van der Waals surface area contributed by atoms with E-state index in [2.05, 4.69) is 134 Å². The Bertz CT molecular complexity index is 1740. The summed E-state index contributed by atoms with van der Waals surface area (Å²) in [5.74, 6) is 0. The molecule has 0 nitrogen and oxygen atoms in total. The summed E-state index contributed by atoms with van der Waals surface area (Å²) in [6.07, 6.45) is 0. The van der Waals surface area contributed by atoms with Crippen molar-refractivity contribution in [3.8, 4) is 22.3 Å². The molecule has 0 aromatic heterocycles. The van der Waals surface area contributed by atoms with Gasteiger partial charge in [-0.25, -0.2) is 0 Å². The number of hydrogen-bond acceptors (Lipinski definition) is 0. The summed E-state index contributed by atoms with van der Waals surface area (Å²) in [7, 11) is 0. The van der Waals surface area contributed by atoms with Crippen LogP contribution in [0.3, 0.4) is 0 Å². The Kier molecular flexibility index (Phi) is 9.57. The first-order valence-electron chi connectivity index (χ1n) is 11.6. The first-order valence-corrected chi connectivity index (χ1v) is 11.6. The number of hydrogen-bond donors (Lipinski definition) is 0. The fourth-order valence-corrected chi connectivity index (χ4v) is 5.10. The molecule has 0 heterocycles. The molecule has 6 aromatic rings. The van der Waals surface area contributed by atoms with Crippen molar-refractivity contribution in [2.24, 2.45) is 0 Å². The van der Waals surface area contributed by atoms with E-state index in [1.807, 2.05) is 0 Å². The predicted octanol–water partition coefficient (Wildman–Crippen LogP) is 1.06. The van der Waals surface area contributed by atoms with Gasteiger partial charge in [-0.3, -0.25) is 0 Å². The van der Waals surface area contributed by atoms with E-state index in [4.69, 9.17) is 0 Å². The first kappa shape index (κ1) is 28.9. The monoisotopic (exact) mass is 710 g/mol. The SMILES string of the molecule is C=c1c(-c2ccccc2)cc2ccccc2c1=c1c(=C)c(-c2ccccc2)cc2ccccc12.[Br-].[Br-].[Sn+2]. The maximum Gasteiger partial charge on any atom is 2.00 e. The molecule has 3 heteroatoms. The van der Waals surface area contributed by atoms with Crippen LogP contribution in [0, 0.1) is 10.4 Å². The largest absolute Gasteiger partial charge is 2.00 e. The third-order valence-corrected chi connectivity index (χ3v) is 6.73. The fourth-order valence-electron chi connectivity index (χ4n) is 5.10. The Morgan fingerprint density at radius 1 is 0.405 bits per heavy atom. The molecule has 0 aliphatic heterocycles. The second-order valence-electron chi connectivity index (χ2n) is 8.73. The van der Waals surface area contributed by atoms with Gasteiger partial charge in [-0.2, -0.15) is 0 Å². The average Bonchev–Trinajstić information content (AvgIpc) is 2.90. The Morgan fingerprint density at radius 3 is 1.11 bits per heavy atom. The quantitative estimate of drug-likeness (QED) is 0.236. The number of halogens is 2. The summed E-state index contributed by atoms with van der Waals surface area (Å²) < 4.78 is 0. The molecule has 6 rings (SSSR count). The van der Waals surface area contributed by atoms with Gasteiger partial charge >= 0.3 is 23.9 Å². The number of fused-ring (bicyclic) bond motifs is 2. The Morgan fingerprint density at radius 2 is 0.730 bits per heavy atom. The zero-order chi connectivity index (χ0) is 23.1. The second kappa shape index (κ2) is 12.3. The molecule has 6 aromatic carbocycles. The standard InChI is InChI=1S/C34H24.2BrH.Sn/c1-23-31(25-13-5-3-6-14-25)21-27-17-9-11-19-29(27)33(23)34-24(2)32(26-15-7-4-8-16-26)22-28-18-10-12-20-30(28)34;;;/h3-22H,1-2H2;2*1H;/q;;;+2/p-2. The summed E-state index contributed by atoms with van der Waals surface area (Å²) in [4.78, 5) is 0. The van der Waals surface area contributed by atoms with Gasteiger partial charge in [0.2, 0.25) is 0 Å². The molecular weight excluding hydrogens is 687 g/mol. The normalized spacial score (nSPS) is 11.2. The Labute approximate surface area is 255 Å². The van der Waals surface area contributed by atoms with Crippen molar-refractivity contribution < 1.29 is 34.0 Å². The number of rotatable bonds is 2. The molecule has 0 amide bonds. The Balaban J connectivity index is 0.00000127. The van der Waals surface area contributed by atoms with Crippen LogP contribution in [0.15, 0.2) is 121 Å². The van der Waals surface area contributed by atoms with Gasteiger partial charge in [0.25, 0.3) is 0 Å². The Hall–Kier alpha value is -2.66. The topological polar surface area (TPSA) is 0 Å². The molecular formula is C34H24Br2Sn. The van der Waals surface area contributed by atoms with Crippen LogP contribution in [0.1, 0.15) is 0 Å². The van der Waals surface area contributed by atoms with E-state index < -0.39 is 0 Å². The fraction of sp³-hybridized carbons (Fsp3) is 0. The minimum Gasteiger partial charge on any atom is -1.00 e. The molecule has 2 radical (unpaired) electrons. The van der Waals surface area contributed by atoms with Crippen LogP contribution >= 0.6 is 0 Å². The molecule has 0 aliphatic carbocycles. The molecule has 37 heavy (non-hydrogen) atoms. The van der Waals surface area contributed by atoms with E-state index in [9.17, 15) is 0 Å². The van der Waals surface area contributed by atoms with Gasteiger partial charge in [-0.1, -0.05) is 122 Å². The van der Waals surface area contributed by atoms with E-state index in [0.717, 1.165) is 32.0 Å². The van der Waals surface area contributed by atoms with E-state index in [0.29, 0.717) is 0 Å². The summed E-state index contributed by atoms with van der Waals surface area (Å²) >= 11 is 0. The predicted molar refractivity (Wildman–Crippen MR) is 152 cm³/mol. The van der Waals surface area contributed by atoms with Crippen molar-refractivity contribution in [3.63, 3.8) is 0 Å². The molecule has 0 N–H and O–H groups in total. The van der Waals surface area contributed by atoms with Gasteiger partial charge in [-0.15, -0.1) is 0 Å². The second-order valence-corrected chi connectivity index (χ2v) is 8.73. The van der Waals surface area contributed by atoms with Crippen molar-refractivity contribution in [1.82, 2.24) is 0 Å². The molecule has 0 spiro atoms. The van der Waals surface area contributed by atoms with Crippen LogP contribution in [-0.2, 0) is 0 Å². The minimum absolute atomic E-state index is 0. The van der Waals surface area contributed by atoms with Gasteiger partial charge in [0.05, 0.1) is 0 Å². The van der Waals surface area contributed by atoms with Gasteiger partial charge < -0.3 is 34.0 Å². The van der Waals surface area contributed by atoms with Crippen LogP contribution in [0.5, 0.6) is 0 Å². The molecule has 0 bridgehead atoms. The van der Waals surface area contributed by atoms with E-state index >= 15 is 0 Å². The third-order valence-electron chi connectivity index (χ3n) is 6.73. The molecule has 0 saturated carbocycles. The van der Waals surface area contributed by atoms with Crippen LogP contribution in [0.25, 0.3) is 57.0 Å². The summed E-state index contributed by atoms with van der Waals surface area (Å²) in [5.41, 5.74) is 4.66. The van der Waals surface area contributed by atoms with Crippen LogP contribution in [0.4, 0.5) is 0 Å². The molecule has 0 unspecified atom stereocenters. The van der Waals surface area contributed by atoms with E-state index in [1.54, 1.807) is 0 Å². The van der Waals surface area contributed by atoms with Crippen LogP contribution < -0.4 is 44.4 Å². The van der Waals surface area contributed by atoms with E-state index in [-0.39, 0.29) is 57.9 Å². The molecule has 0 saturated heterocycles. The summed E-state index contributed by atoms with van der Waals surface area (Å²) in [6.45, 7) is 9.29. The van der Waals surface area contributed by atoms with Gasteiger partial charge in [-0.05, 0) is 76.8 Å². The zero-order valence-electron chi connectivity index (χ0n) is 20.2. The summed E-state index contributed by atoms with van der Waals surface area (Å²) in [5, 5.41) is 9.21. The van der Waals surface area contributed by atoms with Gasteiger partial charge in [0.15, 0.2) is 0 Å².